The van der Waals surface area contributed by atoms with Gasteiger partial charge in [-0.25, -0.2) is 4.98 Å². The van der Waals surface area contributed by atoms with Crippen LogP contribution in [0, 0.1) is 6.92 Å². The van der Waals surface area contributed by atoms with Crippen molar-refractivity contribution < 1.29 is 9.53 Å². The van der Waals surface area contributed by atoms with Crippen molar-refractivity contribution in [3.8, 4) is 0 Å². The first kappa shape index (κ1) is 19.7. The highest BCUT2D eigenvalue weighted by atomic mass is 16.5. The van der Waals surface area contributed by atoms with Crippen molar-refractivity contribution in [2.75, 3.05) is 32.8 Å². The summed E-state index contributed by atoms with van der Waals surface area (Å²) in [6.07, 6.45) is 10.1. The number of morpholine rings is 1. The number of hydrogen-bond donors (Lipinski definition) is 0. The largest absolute Gasteiger partial charge is 0.370 e. The second-order valence-electron chi connectivity index (χ2n) is 9.05. The van der Waals surface area contributed by atoms with Crippen LogP contribution in [0.2, 0.25) is 0 Å². The fraction of sp³-hybridized carbons (Fsp3) is 0.609. The molecule has 2 aliphatic heterocycles. The van der Waals surface area contributed by atoms with E-state index in [1.54, 1.807) is 6.20 Å². The molecule has 0 unspecified atom stereocenters. The molecule has 4 heterocycles. The number of amides is 1. The highest BCUT2D eigenvalue weighted by Gasteiger charge is 2.49. The molecule has 1 aliphatic carbocycles. The standard InChI is InChI=1S/C23H30N4O3/c1-17-7-11-27-20(14-17)24-15-18(22(27)29)21(28)26-12-13-30-23(16-26)8-3-2-6-19(23)25-9-4-5-10-25/h7,11,14-15,19H,2-6,8-10,12-13,16H2,1H3/t19-,23+/m0/s1. The Labute approximate surface area is 176 Å². The lowest BCUT2D eigenvalue weighted by molar-refractivity contribution is -0.156. The average molecular weight is 411 g/mol. The van der Waals surface area contributed by atoms with Gasteiger partial charge in [0, 0.05) is 25.0 Å². The normalized spacial score (nSPS) is 27.8. The van der Waals surface area contributed by atoms with E-state index in [0.29, 0.717) is 31.4 Å². The molecule has 1 amide bonds. The molecule has 2 aromatic heterocycles. The van der Waals surface area contributed by atoms with Crippen LogP contribution in [0.25, 0.3) is 5.65 Å². The number of nitrogens with zero attached hydrogens (tertiary/aromatic N) is 4. The molecule has 3 fully saturated rings. The van der Waals surface area contributed by atoms with Gasteiger partial charge >= 0.3 is 0 Å². The molecule has 3 aliphatic rings. The van der Waals surface area contributed by atoms with Crippen LogP contribution in [0.1, 0.15) is 54.4 Å². The van der Waals surface area contributed by atoms with Gasteiger partial charge in [0.2, 0.25) is 0 Å². The van der Waals surface area contributed by atoms with Crippen molar-refractivity contribution in [2.45, 2.75) is 57.1 Å². The lowest BCUT2D eigenvalue weighted by atomic mass is 9.78. The SMILES string of the molecule is Cc1ccn2c(=O)c(C(=O)N3CCO[C@]4(CCCC[C@@H]4N4CCCC4)C3)cnc2c1. The Morgan fingerprint density at radius 1 is 1.20 bits per heavy atom. The predicted octanol–water partition coefficient (Wildman–Crippen LogP) is 2.25. The van der Waals surface area contributed by atoms with Crippen molar-refractivity contribution in [1.29, 1.82) is 0 Å². The van der Waals surface area contributed by atoms with Gasteiger partial charge in [0.15, 0.2) is 0 Å². The number of hydrogen-bond acceptors (Lipinski definition) is 5. The second kappa shape index (κ2) is 7.78. The Morgan fingerprint density at radius 3 is 2.87 bits per heavy atom. The number of aromatic nitrogens is 2. The first-order chi connectivity index (χ1) is 14.6. The van der Waals surface area contributed by atoms with Gasteiger partial charge in [-0.15, -0.1) is 0 Å². The van der Waals surface area contributed by atoms with E-state index in [-0.39, 0.29) is 22.6 Å². The molecule has 0 radical (unpaired) electrons. The minimum Gasteiger partial charge on any atom is -0.370 e. The number of likely N-dealkylation sites (tertiary alicyclic amines) is 1. The van der Waals surface area contributed by atoms with Gasteiger partial charge in [0.1, 0.15) is 16.8 Å². The molecule has 7 nitrogen and oxygen atoms in total. The van der Waals surface area contributed by atoms with Crippen LogP contribution in [-0.4, -0.2) is 69.5 Å². The number of fused-ring (bicyclic) bond motifs is 1. The lowest BCUT2D eigenvalue weighted by Gasteiger charge is -2.52. The summed E-state index contributed by atoms with van der Waals surface area (Å²) >= 11 is 0. The summed E-state index contributed by atoms with van der Waals surface area (Å²) in [5, 5.41) is 0. The van der Waals surface area contributed by atoms with Gasteiger partial charge in [-0.05, 0) is 63.4 Å². The molecule has 160 valence electrons. The van der Waals surface area contributed by atoms with Crippen molar-refractivity contribution >= 4 is 11.6 Å². The third-order valence-electron chi connectivity index (χ3n) is 7.11. The molecule has 2 aromatic rings. The van der Waals surface area contributed by atoms with Crippen LogP contribution in [0.3, 0.4) is 0 Å². The number of rotatable bonds is 2. The first-order valence-electron chi connectivity index (χ1n) is 11.2. The van der Waals surface area contributed by atoms with E-state index in [9.17, 15) is 9.59 Å². The van der Waals surface area contributed by atoms with Crippen LogP contribution < -0.4 is 5.56 Å². The number of aryl methyl sites for hydroxylation is 1. The zero-order valence-corrected chi connectivity index (χ0v) is 17.7. The van der Waals surface area contributed by atoms with Crippen molar-refractivity contribution in [1.82, 2.24) is 19.2 Å². The Kier molecular flexibility index (Phi) is 5.11. The molecule has 30 heavy (non-hydrogen) atoms. The van der Waals surface area contributed by atoms with Crippen molar-refractivity contribution in [2.24, 2.45) is 0 Å². The van der Waals surface area contributed by atoms with Crippen LogP contribution in [0.4, 0.5) is 0 Å². The van der Waals surface area contributed by atoms with Gasteiger partial charge in [-0.2, -0.15) is 0 Å². The molecule has 1 saturated carbocycles. The van der Waals surface area contributed by atoms with Crippen LogP contribution in [0.5, 0.6) is 0 Å². The second-order valence-corrected chi connectivity index (χ2v) is 9.05. The fourth-order valence-electron chi connectivity index (χ4n) is 5.59. The zero-order chi connectivity index (χ0) is 20.7. The van der Waals surface area contributed by atoms with E-state index >= 15 is 0 Å². The molecule has 2 atom stereocenters. The van der Waals surface area contributed by atoms with E-state index in [4.69, 9.17) is 4.74 Å². The van der Waals surface area contributed by atoms with Gasteiger partial charge in [-0.3, -0.25) is 18.9 Å². The Hall–Kier alpha value is -2.25. The maximum Gasteiger partial charge on any atom is 0.270 e. The molecular formula is C23H30N4O3. The summed E-state index contributed by atoms with van der Waals surface area (Å²) in [7, 11) is 0. The maximum absolute atomic E-state index is 13.4. The smallest absolute Gasteiger partial charge is 0.270 e. The lowest BCUT2D eigenvalue weighted by Crippen LogP contribution is -2.64. The molecular weight excluding hydrogens is 380 g/mol. The summed E-state index contributed by atoms with van der Waals surface area (Å²) in [5.74, 6) is -0.226. The highest BCUT2D eigenvalue weighted by Crippen LogP contribution is 2.39. The van der Waals surface area contributed by atoms with Gasteiger partial charge in [-0.1, -0.05) is 12.8 Å². The minimum absolute atomic E-state index is 0.141. The van der Waals surface area contributed by atoms with Gasteiger partial charge in [0.05, 0.1) is 13.2 Å². The number of ether oxygens (including phenoxy) is 1. The van der Waals surface area contributed by atoms with E-state index in [1.807, 2.05) is 24.0 Å². The van der Waals surface area contributed by atoms with Crippen molar-refractivity contribution in [3.05, 3.63) is 46.0 Å². The Bertz CT molecular complexity index is 1010. The summed E-state index contributed by atoms with van der Waals surface area (Å²) < 4.78 is 7.89. The third-order valence-corrected chi connectivity index (χ3v) is 7.11. The fourth-order valence-corrected chi connectivity index (χ4v) is 5.59. The molecule has 7 heteroatoms. The zero-order valence-electron chi connectivity index (χ0n) is 17.7. The van der Waals surface area contributed by atoms with Gasteiger partial charge < -0.3 is 9.64 Å². The van der Waals surface area contributed by atoms with Crippen LogP contribution in [-0.2, 0) is 4.74 Å². The van der Waals surface area contributed by atoms with E-state index in [2.05, 4.69) is 9.88 Å². The van der Waals surface area contributed by atoms with E-state index < -0.39 is 0 Å². The Morgan fingerprint density at radius 2 is 2.03 bits per heavy atom. The molecule has 5 rings (SSSR count). The third kappa shape index (κ3) is 3.34. The maximum atomic E-state index is 13.4. The van der Waals surface area contributed by atoms with Crippen LogP contribution in [0.15, 0.2) is 29.3 Å². The molecule has 0 bridgehead atoms. The monoisotopic (exact) mass is 410 g/mol. The molecule has 0 aromatic carbocycles. The molecule has 0 N–H and O–H groups in total. The number of pyridine rings is 1. The van der Waals surface area contributed by atoms with E-state index in [0.717, 1.165) is 37.9 Å². The number of carbonyl (C=O) groups excluding carboxylic acids is 1. The molecule has 2 saturated heterocycles. The average Bonchev–Trinajstić information content (AvgIpc) is 3.28. The minimum atomic E-state index is -0.311. The predicted molar refractivity (Wildman–Crippen MR) is 114 cm³/mol. The number of carbonyl (C=O) groups is 1. The summed E-state index contributed by atoms with van der Waals surface area (Å²) in [6, 6.07) is 4.07. The van der Waals surface area contributed by atoms with E-state index in [1.165, 1.54) is 29.9 Å². The Balaban J connectivity index is 1.43. The summed E-state index contributed by atoms with van der Waals surface area (Å²) in [4.78, 5) is 35.2. The van der Waals surface area contributed by atoms with Crippen LogP contribution >= 0.6 is 0 Å². The quantitative estimate of drug-likeness (QED) is 0.760. The first-order valence-corrected chi connectivity index (χ1v) is 11.2. The topological polar surface area (TPSA) is 67.2 Å². The van der Waals surface area contributed by atoms with Gasteiger partial charge in [0.25, 0.3) is 11.5 Å². The van der Waals surface area contributed by atoms with Crippen molar-refractivity contribution in [3.63, 3.8) is 0 Å². The highest BCUT2D eigenvalue weighted by molar-refractivity contribution is 5.94. The summed E-state index contributed by atoms with van der Waals surface area (Å²) in [6.45, 7) is 5.81. The molecule has 1 spiro atoms. The summed E-state index contributed by atoms with van der Waals surface area (Å²) in [5.41, 5.74) is 1.12.